The third-order valence-electron chi connectivity index (χ3n) is 4.96. The molecule has 0 saturated heterocycles. The maximum Gasteiger partial charge on any atom is 0.194 e. The average molecular weight is 438 g/mol. The summed E-state index contributed by atoms with van der Waals surface area (Å²) in [5.41, 5.74) is 2.39. The topological polar surface area (TPSA) is 53.0 Å². The fourth-order valence-corrected chi connectivity index (χ4v) is 4.75. The first-order valence-electron chi connectivity index (χ1n) is 10.3. The number of guanidine groups is 1. The SMILES string of the molecule is CCNC(=NCC(c1ccsc1)N(CC)CC)N(C)Cc1csc(C(C)OC)n1. The van der Waals surface area contributed by atoms with Crippen molar-refractivity contribution in [1.29, 1.82) is 0 Å². The molecule has 6 nitrogen and oxygen atoms in total. The van der Waals surface area contributed by atoms with Gasteiger partial charge in [0.05, 0.1) is 24.8 Å². The van der Waals surface area contributed by atoms with E-state index in [2.05, 4.69) is 65.1 Å². The zero-order valence-corrected chi connectivity index (χ0v) is 20.1. The molecule has 2 aromatic rings. The van der Waals surface area contributed by atoms with Crippen LogP contribution in [-0.2, 0) is 11.3 Å². The normalized spacial score (nSPS) is 14.2. The van der Waals surface area contributed by atoms with Crippen molar-refractivity contribution in [3.8, 4) is 0 Å². The molecule has 0 bridgehead atoms. The van der Waals surface area contributed by atoms with Crippen molar-refractivity contribution in [2.75, 3.05) is 40.3 Å². The molecule has 0 radical (unpaired) electrons. The van der Waals surface area contributed by atoms with Crippen LogP contribution in [0.4, 0.5) is 0 Å². The highest BCUT2D eigenvalue weighted by Crippen LogP contribution is 2.24. The molecule has 0 fully saturated rings. The number of hydrogen-bond acceptors (Lipinski definition) is 6. The van der Waals surface area contributed by atoms with E-state index in [9.17, 15) is 0 Å². The first-order valence-corrected chi connectivity index (χ1v) is 12.1. The van der Waals surface area contributed by atoms with Crippen LogP contribution in [0.15, 0.2) is 27.2 Å². The summed E-state index contributed by atoms with van der Waals surface area (Å²) in [7, 11) is 3.78. The Balaban J connectivity index is 2.13. The summed E-state index contributed by atoms with van der Waals surface area (Å²) in [6.45, 7) is 12.9. The van der Waals surface area contributed by atoms with Gasteiger partial charge in [-0.05, 0) is 49.3 Å². The minimum Gasteiger partial charge on any atom is -0.375 e. The van der Waals surface area contributed by atoms with E-state index in [0.29, 0.717) is 12.6 Å². The van der Waals surface area contributed by atoms with Gasteiger partial charge in [-0.25, -0.2) is 4.98 Å². The minimum atomic E-state index is 0.0291. The van der Waals surface area contributed by atoms with Gasteiger partial charge in [0.15, 0.2) is 5.96 Å². The van der Waals surface area contributed by atoms with Crippen LogP contribution in [-0.4, -0.2) is 61.1 Å². The van der Waals surface area contributed by atoms with E-state index in [-0.39, 0.29) is 6.10 Å². The van der Waals surface area contributed by atoms with Gasteiger partial charge in [0.2, 0.25) is 0 Å². The quantitative estimate of drug-likeness (QED) is 0.417. The predicted octanol–water partition coefficient (Wildman–Crippen LogP) is 4.39. The molecule has 0 saturated carbocycles. The lowest BCUT2D eigenvalue weighted by atomic mass is 10.1. The zero-order chi connectivity index (χ0) is 21.2. The van der Waals surface area contributed by atoms with Crippen LogP contribution in [0.25, 0.3) is 0 Å². The van der Waals surface area contributed by atoms with Gasteiger partial charge in [0.25, 0.3) is 0 Å². The molecule has 0 aliphatic carbocycles. The van der Waals surface area contributed by atoms with E-state index in [1.165, 1.54) is 5.56 Å². The second-order valence-corrected chi connectivity index (χ2v) is 8.57. The van der Waals surface area contributed by atoms with Crippen LogP contribution in [0.2, 0.25) is 0 Å². The Morgan fingerprint density at radius 2 is 2.03 bits per heavy atom. The van der Waals surface area contributed by atoms with Crippen LogP contribution in [0.3, 0.4) is 0 Å². The lowest BCUT2D eigenvalue weighted by molar-refractivity contribution is 0.119. The molecule has 0 amide bonds. The Morgan fingerprint density at radius 3 is 2.62 bits per heavy atom. The average Bonchev–Trinajstić information content (AvgIpc) is 3.41. The summed E-state index contributed by atoms with van der Waals surface area (Å²) in [5.74, 6) is 0.911. The number of likely N-dealkylation sites (N-methyl/N-ethyl adjacent to an activating group) is 1. The summed E-state index contributed by atoms with van der Waals surface area (Å²) >= 11 is 3.39. The van der Waals surface area contributed by atoms with Crippen LogP contribution < -0.4 is 5.32 Å². The second kappa shape index (κ2) is 12.3. The number of nitrogens with zero attached hydrogens (tertiary/aromatic N) is 4. The van der Waals surface area contributed by atoms with Crippen LogP contribution in [0.1, 0.15) is 56.1 Å². The van der Waals surface area contributed by atoms with E-state index >= 15 is 0 Å². The number of rotatable bonds is 11. The Morgan fingerprint density at radius 1 is 1.28 bits per heavy atom. The fraction of sp³-hybridized carbons (Fsp3) is 0.619. The van der Waals surface area contributed by atoms with Gasteiger partial charge < -0.3 is 15.0 Å². The Labute approximate surface area is 183 Å². The molecule has 162 valence electrons. The molecule has 0 aromatic carbocycles. The van der Waals surface area contributed by atoms with Crippen LogP contribution >= 0.6 is 22.7 Å². The molecule has 2 unspecified atom stereocenters. The highest BCUT2D eigenvalue weighted by molar-refractivity contribution is 7.09. The molecule has 8 heteroatoms. The van der Waals surface area contributed by atoms with Crippen LogP contribution in [0, 0.1) is 0 Å². The highest BCUT2D eigenvalue weighted by atomic mass is 32.1. The van der Waals surface area contributed by atoms with Crippen molar-refractivity contribution in [1.82, 2.24) is 20.1 Å². The third kappa shape index (κ3) is 6.77. The van der Waals surface area contributed by atoms with Gasteiger partial charge >= 0.3 is 0 Å². The summed E-state index contributed by atoms with van der Waals surface area (Å²) in [6, 6.07) is 2.51. The second-order valence-electron chi connectivity index (χ2n) is 6.90. The van der Waals surface area contributed by atoms with Crippen molar-refractivity contribution in [3.63, 3.8) is 0 Å². The van der Waals surface area contributed by atoms with E-state index in [1.807, 2.05) is 6.92 Å². The number of aromatic nitrogens is 1. The fourth-order valence-electron chi connectivity index (χ4n) is 3.20. The van der Waals surface area contributed by atoms with Gasteiger partial charge in [-0.1, -0.05) is 13.8 Å². The molecular weight excluding hydrogens is 402 g/mol. The molecule has 2 atom stereocenters. The summed E-state index contributed by atoms with van der Waals surface area (Å²) < 4.78 is 5.38. The molecule has 2 rings (SSSR count). The molecule has 0 aliphatic rings. The molecule has 2 heterocycles. The number of methoxy groups -OCH3 is 1. The maximum absolute atomic E-state index is 5.38. The maximum atomic E-state index is 5.38. The molecule has 0 aliphatic heterocycles. The van der Waals surface area contributed by atoms with Gasteiger partial charge in [-0.2, -0.15) is 11.3 Å². The minimum absolute atomic E-state index is 0.0291. The Bertz CT molecular complexity index is 727. The molecule has 1 N–H and O–H groups in total. The number of ether oxygens (including phenoxy) is 1. The first-order chi connectivity index (χ1) is 14.0. The standard InChI is InChI=1S/C21H35N5OS2/c1-7-22-21(25(5)13-18-15-29-20(24-18)16(4)27-6)23-12-19(26(8-2)9-3)17-10-11-28-14-17/h10-11,14-16,19H,7-9,12-13H2,1-6H3,(H,22,23). The lowest BCUT2D eigenvalue weighted by Gasteiger charge is -2.29. The summed E-state index contributed by atoms with van der Waals surface area (Å²) in [5, 5.41) is 10.9. The van der Waals surface area contributed by atoms with Crippen LogP contribution in [0.5, 0.6) is 0 Å². The molecular formula is C21H35N5OS2. The van der Waals surface area contributed by atoms with E-state index in [1.54, 1.807) is 29.8 Å². The lowest BCUT2D eigenvalue weighted by Crippen LogP contribution is -2.39. The molecule has 2 aromatic heterocycles. The van der Waals surface area contributed by atoms with E-state index < -0.39 is 0 Å². The molecule has 29 heavy (non-hydrogen) atoms. The van der Waals surface area contributed by atoms with E-state index in [0.717, 1.165) is 42.8 Å². The largest absolute Gasteiger partial charge is 0.375 e. The highest BCUT2D eigenvalue weighted by Gasteiger charge is 2.19. The Kier molecular flexibility index (Phi) is 10.1. The Hall–Kier alpha value is -1.48. The number of thiophene rings is 1. The number of hydrogen-bond donors (Lipinski definition) is 1. The first kappa shape index (κ1) is 23.8. The number of nitrogens with one attached hydrogen (secondary N) is 1. The van der Waals surface area contributed by atoms with E-state index in [4.69, 9.17) is 14.7 Å². The zero-order valence-electron chi connectivity index (χ0n) is 18.5. The number of aliphatic imine (C=N–C) groups is 1. The van der Waals surface area contributed by atoms with Crippen molar-refractivity contribution >= 4 is 28.6 Å². The summed E-state index contributed by atoms with van der Waals surface area (Å²) in [6.07, 6.45) is 0.0291. The predicted molar refractivity (Wildman–Crippen MR) is 125 cm³/mol. The third-order valence-corrected chi connectivity index (χ3v) is 6.72. The van der Waals surface area contributed by atoms with Crippen molar-refractivity contribution in [3.05, 3.63) is 38.5 Å². The van der Waals surface area contributed by atoms with Gasteiger partial charge in [0, 0.05) is 26.1 Å². The monoisotopic (exact) mass is 437 g/mol. The van der Waals surface area contributed by atoms with Crippen molar-refractivity contribution in [2.45, 2.75) is 46.4 Å². The number of thiazole rings is 1. The molecule has 0 spiro atoms. The van der Waals surface area contributed by atoms with Crippen molar-refractivity contribution in [2.24, 2.45) is 4.99 Å². The smallest absolute Gasteiger partial charge is 0.194 e. The van der Waals surface area contributed by atoms with Gasteiger partial charge in [-0.15, -0.1) is 11.3 Å². The summed E-state index contributed by atoms with van der Waals surface area (Å²) in [4.78, 5) is 14.3. The van der Waals surface area contributed by atoms with Gasteiger partial charge in [0.1, 0.15) is 11.1 Å². The van der Waals surface area contributed by atoms with Gasteiger partial charge in [-0.3, -0.25) is 9.89 Å². The van der Waals surface area contributed by atoms with Crippen molar-refractivity contribution < 1.29 is 4.74 Å².